The van der Waals surface area contributed by atoms with Crippen molar-refractivity contribution < 1.29 is 23.9 Å². The highest BCUT2D eigenvalue weighted by Gasteiger charge is 2.32. The van der Waals surface area contributed by atoms with Gasteiger partial charge in [-0.1, -0.05) is 78.4 Å². The van der Waals surface area contributed by atoms with E-state index in [1.165, 1.54) is 10.8 Å². The molecular weight excluding hydrogens is 522 g/mol. The summed E-state index contributed by atoms with van der Waals surface area (Å²) >= 11 is 0. The third-order valence-corrected chi connectivity index (χ3v) is 8.83. The second kappa shape index (κ2) is 15.0. The first-order valence-corrected chi connectivity index (χ1v) is 15.4. The fourth-order valence-corrected chi connectivity index (χ4v) is 6.39. The molecule has 8 nitrogen and oxygen atoms in total. The summed E-state index contributed by atoms with van der Waals surface area (Å²) in [6, 6.07) is 7.69. The van der Waals surface area contributed by atoms with Gasteiger partial charge in [-0.15, -0.1) is 0 Å². The number of benzene rings is 1. The zero-order valence-corrected chi connectivity index (χ0v) is 23.6. The maximum Gasteiger partial charge on any atom is 0.244 e. The first kappa shape index (κ1) is 29.8. The van der Waals surface area contributed by atoms with E-state index in [1.54, 1.807) is 10.8 Å². The molecule has 3 amide bonds. The molecule has 206 valence electrons. The van der Waals surface area contributed by atoms with Gasteiger partial charge in [0.2, 0.25) is 17.7 Å². The van der Waals surface area contributed by atoms with E-state index < -0.39 is 35.9 Å². The summed E-state index contributed by atoms with van der Waals surface area (Å²) < 4.78 is 5.97. The minimum Gasteiger partial charge on any atom is -0.489 e. The number of carbonyl (C=O) groups excluding carboxylic acids is 4. The van der Waals surface area contributed by atoms with Gasteiger partial charge in [-0.25, -0.2) is 0 Å². The Labute approximate surface area is 232 Å². The fourth-order valence-electron chi connectivity index (χ4n) is 4.23. The van der Waals surface area contributed by atoms with E-state index in [4.69, 9.17) is 4.74 Å². The van der Waals surface area contributed by atoms with E-state index >= 15 is 0 Å². The van der Waals surface area contributed by atoms with Crippen molar-refractivity contribution in [3.05, 3.63) is 60.4 Å². The largest absolute Gasteiger partial charge is 0.489 e. The number of Topliss-reactive ketones (excluding diaryl/α,β-unsaturated/α-hetero) is 1. The van der Waals surface area contributed by atoms with Crippen LogP contribution in [0.1, 0.15) is 38.7 Å². The maximum absolute atomic E-state index is 13.5. The lowest BCUT2D eigenvalue weighted by Crippen LogP contribution is -2.56. The quantitative estimate of drug-likeness (QED) is 0.385. The normalized spacial score (nSPS) is 27.5. The number of hydrogen-bond donors (Lipinski definition) is 3. The monoisotopic (exact) mass is 559 g/mol. The first-order valence-electron chi connectivity index (χ1n) is 12.9. The van der Waals surface area contributed by atoms with Crippen LogP contribution in [0, 0.1) is 11.8 Å². The minimum atomic E-state index is -0.864. The summed E-state index contributed by atoms with van der Waals surface area (Å²) in [6.07, 6.45) is 4.44. The molecule has 3 N–H and O–H groups in total. The number of hydrogen-bond acceptors (Lipinski definition) is 7. The highest BCUT2D eigenvalue weighted by molar-refractivity contribution is 8.76. The number of carbonyl (C=O) groups is 4. The Bertz CT molecular complexity index is 1030. The van der Waals surface area contributed by atoms with Crippen LogP contribution < -0.4 is 16.0 Å². The van der Waals surface area contributed by atoms with Crippen LogP contribution in [0.5, 0.6) is 0 Å². The maximum atomic E-state index is 13.5. The summed E-state index contributed by atoms with van der Waals surface area (Å²) in [5, 5.41) is 8.54. The summed E-state index contributed by atoms with van der Waals surface area (Å²) in [5.74, 6) is -0.569. The fraction of sp³-hybridized carbons (Fsp3) is 0.500. The van der Waals surface area contributed by atoms with Crippen LogP contribution in [0.3, 0.4) is 0 Å². The standard InChI is InChI=1S/C28H37N3O5S2/c1-18(2)23-15-21(32)14-22-11-7-8-12-37-38-17-25(31-26(23)33)28(35)30-24(13-20-9-5-4-6-10-20)27(34)29-16-19(3)36-22/h4-7,9-11,18,22-25H,3,8,12-17H2,1-2H3,(H,29,34)(H,30,35)(H,31,33)/b11-7+/t22?,23-,24-,25-/m1/s1. The summed E-state index contributed by atoms with van der Waals surface area (Å²) in [6.45, 7) is 7.75. The van der Waals surface area contributed by atoms with Gasteiger partial charge in [0.05, 0.1) is 6.54 Å². The molecule has 1 saturated heterocycles. The molecule has 0 aliphatic carbocycles. The molecule has 0 saturated carbocycles. The lowest BCUT2D eigenvalue weighted by Gasteiger charge is -2.27. The van der Waals surface area contributed by atoms with Crippen molar-refractivity contribution in [1.29, 1.82) is 0 Å². The zero-order chi connectivity index (χ0) is 27.5. The molecule has 0 radical (unpaired) electrons. The van der Waals surface area contributed by atoms with Gasteiger partial charge in [0.15, 0.2) is 0 Å². The van der Waals surface area contributed by atoms with Gasteiger partial charge in [0, 0.05) is 36.7 Å². The topological polar surface area (TPSA) is 114 Å². The predicted octanol–water partition coefficient (Wildman–Crippen LogP) is 3.19. The number of rotatable bonds is 3. The van der Waals surface area contributed by atoms with Crippen molar-refractivity contribution in [2.45, 2.75) is 57.7 Å². The molecule has 2 aliphatic rings. The summed E-state index contributed by atoms with van der Waals surface area (Å²) in [5.41, 5.74) is 0.887. The van der Waals surface area contributed by atoms with E-state index in [9.17, 15) is 19.2 Å². The second-order valence-corrected chi connectivity index (χ2v) is 12.5. The molecule has 1 fully saturated rings. The Balaban J connectivity index is 1.96. The van der Waals surface area contributed by atoms with E-state index in [1.807, 2.05) is 56.3 Å². The number of amides is 3. The van der Waals surface area contributed by atoms with Crippen molar-refractivity contribution in [3.8, 4) is 0 Å². The molecule has 0 aromatic heterocycles. The van der Waals surface area contributed by atoms with Crippen LogP contribution in [0.25, 0.3) is 0 Å². The van der Waals surface area contributed by atoms with Crippen molar-refractivity contribution in [2.24, 2.45) is 11.8 Å². The van der Waals surface area contributed by atoms with Gasteiger partial charge < -0.3 is 20.7 Å². The van der Waals surface area contributed by atoms with E-state index in [0.29, 0.717) is 11.5 Å². The molecular formula is C28H37N3O5S2. The van der Waals surface area contributed by atoms with Crippen LogP contribution in [0.4, 0.5) is 0 Å². The highest BCUT2D eigenvalue weighted by atomic mass is 33.1. The second-order valence-electron chi connectivity index (χ2n) is 9.85. The Kier molecular flexibility index (Phi) is 11.8. The Morgan fingerprint density at radius 3 is 2.50 bits per heavy atom. The molecule has 4 atom stereocenters. The lowest BCUT2D eigenvalue weighted by molar-refractivity contribution is -0.135. The third kappa shape index (κ3) is 9.54. The van der Waals surface area contributed by atoms with Crippen LogP contribution >= 0.6 is 21.6 Å². The SMILES string of the molecule is C=C1CNC(=O)[C@@H](Cc2ccccc2)NC(=O)[C@H]2CSSCC/C=C/C(CC(=O)C[C@H](C(C)C)C(=O)N2)O1. The van der Waals surface area contributed by atoms with E-state index in [2.05, 4.69) is 22.5 Å². The van der Waals surface area contributed by atoms with Gasteiger partial charge in [-0.05, 0) is 24.0 Å². The smallest absolute Gasteiger partial charge is 0.244 e. The van der Waals surface area contributed by atoms with Gasteiger partial charge in [0.25, 0.3) is 0 Å². The van der Waals surface area contributed by atoms with Gasteiger partial charge >= 0.3 is 0 Å². The molecule has 2 aliphatic heterocycles. The Hall–Kier alpha value is -2.72. The number of ether oxygens (including phenoxy) is 1. The summed E-state index contributed by atoms with van der Waals surface area (Å²) in [4.78, 5) is 53.0. The number of fused-ring (bicyclic) bond motifs is 7. The molecule has 1 unspecified atom stereocenters. The predicted molar refractivity (Wildman–Crippen MR) is 152 cm³/mol. The van der Waals surface area contributed by atoms with Gasteiger partial charge in [0.1, 0.15) is 29.7 Å². The lowest BCUT2D eigenvalue weighted by atomic mass is 9.88. The van der Waals surface area contributed by atoms with Crippen LogP contribution in [0.2, 0.25) is 0 Å². The molecule has 0 spiro atoms. The molecule has 2 bridgehead atoms. The Morgan fingerprint density at radius 2 is 1.76 bits per heavy atom. The number of ketones is 1. The van der Waals surface area contributed by atoms with Crippen molar-refractivity contribution in [2.75, 3.05) is 18.1 Å². The summed E-state index contributed by atoms with van der Waals surface area (Å²) in [7, 11) is 3.09. The molecule has 1 aromatic rings. The zero-order valence-electron chi connectivity index (χ0n) is 21.9. The molecule has 2 heterocycles. The molecule has 1 aromatic carbocycles. The minimum absolute atomic E-state index is 0.0407. The number of allylic oxidation sites excluding steroid dienone is 1. The van der Waals surface area contributed by atoms with Crippen LogP contribution in [-0.2, 0) is 30.3 Å². The number of nitrogens with one attached hydrogen (secondary N) is 3. The third-order valence-electron chi connectivity index (χ3n) is 6.38. The Morgan fingerprint density at radius 1 is 1.00 bits per heavy atom. The van der Waals surface area contributed by atoms with Crippen molar-refractivity contribution in [3.63, 3.8) is 0 Å². The molecule has 10 heteroatoms. The molecule has 38 heavy (non-hydrogen) atoms. The highest BCUT2D eigenvalue weighted by Crippen LogP contribution is 2.25. The average Bonchev–Trinajstić information content (AvgIpc) is 2.88. The van der Waals surface area contributed by atoms with Crippen molar-refractivity contribution in [1.82, 2.24) is 16.0 Å². The average molecular weight is 560 g/mol. The van der Waals surface area contributed by atoms with Crippen LogP contribution in [-0.4, -0.2) is 59.7 Å². The van der Waals surface area contributed by atoms with Crippen LogP contribution in [0.15, 0.2) is 54.8 Å². The van der Waals surface area contributed by atoms with E-state index in [-0.39, 0.29) is 43.4 Å². The first-order chi connectivity index (χ1) is 18.2. The van der Waals surface area contributed by atoms with E-state index in [0.717, 1.165) is 17.7 Å². The van der Waals surface area contributed by atoms with Crippen molar-refractivity contribution >= 4 is 45.1 Å². The van der Waals surface area contributed by atoms with Gasteiger partial charge in [-0.2, -0.15) is 0 Å². The molecule has 3 rings (SSSR count). The van der Waals surface area contributed by atoms with Gasteiger partial charge in [-0.3, -0.25) is 19.2 Å².